The summed E-state index contributed by atoms with van der Waals surface area (Å²) in [6.45, 7) is 11.3. The van der Waals surface area contributed by atoms with Crippen LogP contribution in [0.5, 0.6) is 0 Å². The maximum Gasteiger partial charge on any atom is 0.264 e. The highest BCUT2D eigenvalue weighted by Gasteiger charge is 2.27. The fourth-order valence-corrected chi connectivity index (χ4v) is 3.69. The summed E-state index contributed by atoms with van der Waals surface area (Å²) < 4.78 is 27.4. The molecule has 0 spiro atoms. The van der Waals surface area contributed by atoms with Crippen LogP contribution < -0.4 is 15.2 Å². The Kier molecular flexibility index (Phi) is 6.51. The molecule has 2 aromatic carbocycles. The highest BCUT2D eigenvalue weighted by Crippen LogP contribution is 2.24. The average molecular weight is 402 g/mol. The lowest BCUT2D eigenvalue weighted by Crippen LogP contribution is -2.46. The minimum absolute atomic E-state index is 0.121. The number of amides is 1. The Labute approximate surface area is 167 Å². The molecule has 7 heteroatoms. The summed E-state index contributed by atoms with van der Waals surface area (Å²) in [7, 11) is -3.91. The van der Waals surface area contributed by atoms with Crippen molar-refractivity contribution in [1.82, 2.24) is 10.9 Å². The van der Waals surface area contributed by atoms with Crippen molar-refractivity contribution in [3.05, 3.63) is 72.4 Å². The zero-order chi connectivity index (χ0) is 20.9. The monoisotopic (exact) mass is 401 g/mol. The van der Waals surface area contributed by atoms with Crippen LogP contribution in [0.3, 0.4) is 0 Å². The van der Waals surface area contributed by atoms with Crippen molar-refractivity contribution in [3.63, 3.8) is 0 Å². The number of allylic oxidation sites excluding steroid dienone is 1. The first-order valence-electron chi connectivity index (χ1n) is 8.90. The molecule has 0 aliphatic carbocycles. The summed E-state index contributed by atoms with van der Waals surface area (Å²) in [6.07, 6.45) is 0. The minimum atomic E-state index is -3.91. The second-order valence-corrected chi connectivity index (χ2v) is 9.42. The molecule has 6 nitrogen and oxygen atoms in total. The molecular formula is C21H27N3O3S. The van der Waals surface area contributed by atoms with Gasteiger partial charge in [0.25, 0.3) is 15.9 Å². The van der Waals surface area contributed by atoms with Gasteiger partial charge < -0.3 is 5.43 Å². The van der Waals surface area contributed by atoms with Gasteiger partial charge in [0.05, 0.1) is 10.6 Å². The van der Waals surface area contributed by atoms with E-state index < -0.39 is 15.9 Å². The van der Waals surface area contributed by atoms with Crippen LogP contribution in [0.1, 0.15) is 26.3 Å². The number of nitrogens with one attached hydrogen (secondary N) is 2. The number of hydrazine groups is 1. The summed E-state index contributed by atoms with van der Waals surface area (Å²) in [4.78, 5) is 12.6. The van der Waals surface area contributed by atoms with Gasteiger partial charge in [0.15, 0.2) is 0 Å². The first-order valence-corrected chi connectivity index (χ1v) is 10.3. The molecule has 1 amide bonds. The molecule has 0 saturated carbocycles. The Balaban J connectivity index is 2.28. The number of carbonyl (C=O) groups is 1. The molecule has 0 heterocycles. The summed E-state index contributed by atoms with van der Waals surface area (Å²) in [6, 6.07) is 15.0. The lowest BCUT2D eigenvalue weighted by molar-refractivity contribution is -0.120. The van der Waals surface area contributed by atoms with Crippen molar-refractivity contribution in [1.29, 1.82) is 0 Å². The maximum absolute atomic E-state index is 13.2. The van der Waals surface area contributed by atoms with Crippen LogP contribution in [0.25, 0.3) is 0 Å². The normalized spacial score (nSPS) is 11.6. The Bertz CT molecular complexity index is 931. The third-order valence-electron chi connectivity index (χ3n) is 4.20. The predicted molar refractivity (Wildman–Crippen MR) is 112 cm³/mol. The van der Waals surface area contributed by atoms with E-state index in [9.17, 15) is 13.2 Å². The largest absolute Gasteiger partial charge is 0.303 e. The molecule has 0 aliphatic heterocycles. The molecule has 0 aliphatic rings. The zero-order valence-corrected chi connectivity index (χ0v) is 17.5. The van der Waals surface area contributed by atoms with E-state index in [0.29, 0.717) is 11.4 Å². The SMILES string of the molecule is C=C(NNC(=O)CN(c1ccc(C)cc1)S(=O)(=O)c1ccccc1)C(C)(C)C. The van der Waals surface area contributed by atoms with Crippen molar-refractivity contribution < 1.29 is 13.2 Å². The molecule has 2 N–H and O–H groups in total. The van der Waals surface area contributed by atoms with Crippen molar-refractivity contribution in [2.75, 3.05) is 10.8 Å². The van der Waals surface area contributed by atoms with E-state index in [1.54, 1.807) is 42.5 Å². The first-order chi connectivity index (χ1) is 13.0. The Morgan fingerprint density at radius 3 is 2.11 bits per heavy atom. The molecule has 2 rings (SSSR count). The third kappa shape index (κ3) is 5.36. The summed E-state index contributed by atoms with van der Waals surface area (Å²) >= 11 is 0. The lowest BCUT2D eigenvalue weighted by Gasteiger charge is -2.26. The van der Waals surface area contributed by atoms with Crippen molar-refractivity contribution in [3.8, 4) is 0 Å². The van der Waals surface area contributed by atoms with Gasteiger partial charge in [0.1, 0.15) is 6.54 Å². The van der Waals surface area contributed by atoms with Gasteiger partial charge in [0, 0.05) is 11.1 Å². The van der Waals surface area contributed by atoms with Gasteiger partial charge in [-0.1, -0.05) is 63.2 Å². The van der Waals surface area contributed by atoms with Crippen LogP contribution in [0.4, 0.5) is 5.69 Å². The lowest BCUT2D eigenvalue weighted by atomic mass is 9.93. The number of aryl methyl sites for hydroxylation is 1. The maximum atomic E-state index is 13.2. The number of anilines is 1. The number of carbonyl (C=O) groups excluding carboxylic acids is 1. The highest BCUT2D eigenvalue weighted by molar-refractivity contribution is 7.92. The van der Waals surface area contributed by atoms with E-state index in [2.05, 4.69) is 17.4 Å². The van der Waals surface area contributed by atoms with Crippen molar-refractivity contribution in [2.45, 2.75) is 32.6 Å². The zero-order valence-electron chi connectivity index (χ0n) is 16.7. The molecular weight excluding hydrogens is 374 g/mol. The summed E-state index contributed by atoms with van der Waals surface area (Å²) in [5.74, 6) is -0.495. The van der Waals surface area contributed by atoms with Gasteiger partial charge in [-0.3, -0.25) is 14.5 Å². The van der Waals surface area contributed by atoms with Gasteiger partial charge in [0.2, 0.25) is 0 Å². The predicted octanol–water partition coefficient (Wildman–Crippen LogP) is 3.37. The van der Waals surface area contributed by atoms with E-state index in [4.69, 9.17) is 0 Å². The van der Waals surface area contributed by atoms with Gasteiger partial charge in [-0.25, -0.2) is 8.42 Å². The number of hydrogen-bond acceptors (Lipinski definition) is 4. The fourth-order valence-electron chi connectivity index (χ4n) is 2.25. The summed E-state index contributed by atoms with van der Waals surface area (Å²) in [5, 5.41) is 0. The molecule has 0 saturated heterocycles. The van der Waals surface area contributed by atoms with Crippen LogP contribution in [0, 0.1) is 12.3 Å². The number of rotatable bonds is 7. The van der Waals surface area contributed by atoms with E-state index in [-0.39, 0.29) is 16.9 Å². The number of nitrogens with zero attached hydrogens (tertiary/aromatic N) is 1. The quantitative estimate of drug-likeness (QED) is 0.697. The number of hydrogen-bond donors (Lipinski definition) is 2. The molecule has 2 aromatic rings. The van der Waals surface area contributed by atoms with Crippen LogP contribution in [0.2, 0.25) is 0 Å². The molecule has 0 unspecified atom stereocenters. The van der Waals surface area contributed by atoms with E-state index in [1.807, 2.05) is 27.7 Å². The fraction of sp³-hybridized carbons (Fsp3) is 0.286. The van der Waals surface area contributed by atoms with Gasteiger partial charge in [-0.05, 0) is 31.2 Å². The van der Waals surface area contributed by atoms with E-state index in [0.717, 1.165) is 9.87 Å². The van der Waals surface area contributed by atoms with Gasteiger partial charge in [-0.2, -0.15) is 0 Å². The van der Waals surface area contributed by atoms with Crippen molar-refractivity contribution in [2.24, 2.45) is 5.41 Å². The third-order valence-corrected chi connectivity index (χ3v) is 5.99. The average Bonchev–Trinajstić information content (AvgIpc) is 2.65. The highest BCUT2D eigenvalue weighted by atomic mass is 32.2. The Morgan fingerprint density at radius 2 is 1.57 bits per heavy atom. The number of sulfonamides is 1. The van der Waals surface area contributed by atoms with E-state index >= 15 is 0 Å². The van der Waals surface area contributed by atoms with Crippen LogP contribution in [-0.2, 0) is 14.8 Å². The molecule has 0 bridgehead atoms. The Morgan fingerprint density at radius 1 is 1.00 bits per heavy atom. The van der Waals surface area contributed by atoms with Crippen LogP contribution >= 0.6 is 0 Å². The minimum Gasteiger partial charge on any atom is -0.303 e. The summed E-state index contributed by atoms with van der Waals surface area (Å²) in [5.41, 5.74) is 7.07. The molecule has 0 aromatic heterocycles. The molecule has 0 atom stereocenters. The standard InChI is InChI=1S/C21H27N3O3S/c1-16-11-13-18(14-12-16)24(28(26,27)19-9-7-6-8-10-19)15-20(25)23-22-17(2)21(3,4)5/h6-14,22H,2,15H2,1,3-5H3,(H,23,25). The van der Waals surface area contributed by atoms with Gasteiger partial charge in [-0.15, -0.1) is 0 Å². The smallest absolute Gasteiger partial charge is 0.264 e. The molecule has 28 heavy (non-hydrogen) atoms. The van der Waals surface area contributed by atoms with Crippen LogP contribution in [0.15, 0.2) is 71.8 Å². The van der Waals surface area contributed by atoms with Crippen LogP contribution in [-0.4, -0.2) is 20.9 Å². The topological polar surface area (TPSA) is 78.5 Å². The van der Waals surface area contributed by atoms with Gasteiger partial charge >= 0.3 is 0 Å². The Hall–Kier alpha value is -2.80. The molecule has 0 radical (unpaired) electrons. The number of benzene rings is 2. The first kappa shape index (κ1) is 21.5. The molecule has 0 fully saturated rings. The van der Waals surface area contributed by atoms with Crippen molar-refractivity contribution >= 4 is 21.6 Å². The van der Waals surface area contributed by atoms with E-state index in [1.165, 1.54) is 12.1 Å². The second kappa shape index (κ2) is 8.48. The second-order valence-electron chi connectivity index (χ2n) is 7.56. The molecule has 150 valence electrons.